The van der Waals surface area contributed by atoms with Gasteiger partial charge in [-0.25, -0.2) is 4.39 Å². The van der Waals surface area contributed by atoms with Gasteiger partial charge in [0, 0.05) is 4.75 Å². The Morgan fingerprint density at radius 3 is 2.48 bits per heavy atom. The number of nitrogens with zero attached hydrogens (tertiary/aromatic N) is 1. The molecule has 0 aliphatic rings. The second-order valence-electron chi connectivity index (χ2n) is 6.84. The molecule has 0 heterocycles. The van der Waals surface area contributed by atoms with Crippen molar-refractivity contribution in [3.8, 4) is 0 Å². The molecule has 0 unspecified atom stereocenters. The molecule has 25 heavy (non-hydrogen) atoms. The van der Waals surface area contributed by atoms with Gasteiger partial charge in [-0.2, -0.15) is 17.6 Å². The average Bonchev–Trinajstić information content (AvgIpc) is 2.45. The molecular formula is C18H25BFN2O2S. The van der Waals surface area contributed by atoms with E-state index in [2.05, 4.69) is 17.6 Å². The maximum atomic E-state index is 14.2. The minimum Gasteiger partial charge on any atom is -0.428 e. The average molecular weight is 363 g/mol. The Bertz CT molecular complexity index is 710. The van der Waals surface area contributed by atoms with Crippen molar-refractivity contribution in [1.82, 2.24) is 0 Å². The highest BCUT2D eigenvalue weighted by molar-refractivity contribution is 7.81. The Morgan fingerprint density at radius 1 is 1.36 bits per heavy atom. The Hall–Kier alpha value is -1.60. The van der Waals surface area contributed by atoms with Crippen LogP contribution in [0.15, 0.2) is 29.3 Å². The number of rotatable bonds is 6. The van der Waals surface area contributed by atoms with Crippen LogP contribution in [0.25, 0.3) is 0 Å². The first kappa shape index (κ1) is 21.4. The Balaban J connectivity index is 3.12. The maximum absolute atomic E-state index is 14.2. The van der Waals surface area contributed by atoms with Gasteiger partial charge >= 0.3 is 7.48 Å². The van der Waals surface area contributed by atoms with Crippen molar-refractivity contribution >= 4 is 37.3 Å². The zero-order valence-corrected chi connectivity index (χ0v) is 16.4. The summed E-state index contributed by atoms with van der Waals surface area (Å²) >= 11 is 4.54. The van der Waals surface area contributed by atoms with Gasteiger partial charge in [0.1, 0.15) is 11.7 Å². The third kappa shape index (κ3) is 5.71. The summed E-state index contributed by atoms with van der Waals surface area (Å²) in [6.07, 6.45) is 3.11. The normalized spacial score (nSPS) is 13.4. The van der Waals surface area contributed by atoms with Crippen LogP contribution < -0.4 is 11.2 Å². The van der Waals surface area contributed by atoms with Crippen molar-refractivity contribution in [3.63, 3.8) is 0 Å². The second kappa shape index (κ2) is 8.19. The molecule has 0 aliphatic heterocycles. The molecule has 1 radical (unpaired) electrons. The summed E-state index contributed by atoms with van der Waals surface area (Å²) in [5.41, 5.74) is 6.09. The Labute approximate surface area is 155 Å². The molecule has 135 valence electrons. The first-order chi connectivity index (χ1) is 11.4. The minimum atomic E-state index is -0.739. The number of hydrogen-bond acceptors (Lipinski definition) is 3. The third-order valence-corrected chi connectivity index (χ3v) is 4.65. The van der Waals surface area contributed by atoms with Gasteiger partial charge in [0.15, 0.2) is 0 Å². The highest BCUT2D eigenvalue weighted by atomic mass is 32.1. The molecule has 1 aromatic rings. The van der Waals surface area contributed by atoms with Gasteiger partial charge in [-0.05, 0) is 65.2 Å². The number of nitrogens with two attached hydrogens (primary N) is 1. The van der Waals surface area contributed by atoms with Crippen LogP contribution >= 0.6 is 12.6 Å². The largest absolute Gasteiger partial charge is 0.428 e. The van der Waals surface area contributed by atoms with Crippen LogP contribution in [0.1, 0.15) is 50.5 Å². The van der Waals surface area contributed by atoms with Crippen LogP contribution in [0.4, 0.5) is 4.39 Å². The lowest BCUT2D eigenvalue weighted by Crippen LogP contribution is -2.46. The third-order valence-electron chi connectivity index (χ3n) is 4.11. The Morgan fingerprint density at radius 2 is 1.96 bits per heavy atom. The highest BCUT2D eigenvalue weighted by Crippen LogP contribution is 2.30. The van der Waals surface area contributed by atoms with E-state index < -0.39 is 22.1 Å². The molecule has 0 aromatic heterocycles. The lowest BCUT2D eigenvalue weighted by Gasteiger charge is -2.38. The molecule has 1 aromatic carbocycles. The smallest absolute Gasteiger partial charge is 0.331 e. The van der Waals surface area contributed by atoms with Crippen LogP contribution in [0, 0.1) is 12.7 Å². The molecule has 0 spiro atoms. The summed E-state index contributed by atoms with van der Waals surface area (Å²) < 4.78 is 19.6. The quantitative estimate of drug-likeness (QED) is 0.354. The number of allylic oxidation sites excluding steroid dienone is 1. The van der Waals surface area contributed by atoms with Gasteiger partial charge in [-0.15, -0.1) is 0 Å². The molecule has 0 bridgehead atoms. The van der Waals surface area contributed by atoms with E-state index in [4.69, 9.17) is 10.4 Å². The molecule has 0 saturated carbocycles. The predicted molar refractivity (Wildman–Crippen MR) is 106 cm³/mol. The number of carbonyl (C=O) groups excluding carboxylic acids is 1. The van der Waals surface area contributed by atoms with Crippen LogP contribution in [-0.2, 0) is 4.65 Å². The summed E-state index contributed by atoms with van der Waals surface area (Å²) in [5.74, 6) is -1.37. The number of benzene rings is 1. The maximum Gasteiger partial charge on any atom is 0.331 e. The SMILES string of the molecule is C/C=C\C(N)=NC(=O)c1cc([B]OC(C)(C)C(C)(C)S)c(C)cc1F. The zero-order chi connectivity index (χ0) is 19.4. The van der Waals surface area contributed by atoms with Gasteiger partial charge in [0.25, 0.3) is 5.91 Å². The molecule has 0 atom stereocenters. The summed E-state index contributed by atoms with van der Waals surface area (Å²) in [4.78, 5) is 15.8. The van der Waals surface area contributed by atoms with E-state index in [0.29, 0.717) is 11.0 Å². The highest BCUT2D eigenvalue weighted by Gasteiger charge is 2.34. The molecule has 1 rings (SSSR count). The van der Waals surface area contributed by atoms with Gasteiger partial charge < -0.3 is 10.4 Å². The van der Waals surface area contributed by atoms with Gasteiger partial charge in [-0.3, -0.25) is 4.79 Å². The molecular weight excluding hydrogens is 338 g/mol. The molecule has 1 amide bonds. The number of aliphatic imine (C=N–C) groups is 1. The number of halogens is 1. The van der Waals surface area contributed by atoms with Crippen molar-refractivity contribution < 1.29 is 13.8 Å². The summed E-state index contributed by atoms with van der Waals surface area (Å²) in [6, 6.07) is 2.70. The van der Waals surface area contributed by atoms with Crippen LogP contribution in [0.3, 0.4) is 0 Å². The lowest BCUT2D eigenvalue weighted by atomic mass is 9.80. The number of amidine groups is 1. The van der Waals surface area contributed by atoms with Gasteiger partial charge in [-0.1, -0.05) is 11.6 Å². The summed E-state index contributed by atoms with van der Waals surface area (Å²) in [5, 5.41) is 0. The van der Waals surface area contributed by atoms with Gasteiger partial charge in [0.2, 0.25) is 0 Å². The lowest BCUT2D eigenvalue weighted by molar-refractivity contribution is 0.0854. The fourth-order valence-electron chi connectivity index (χ4n) is 1.72. The van der Waals surface area contributed by atoms with E-state index in [9.17, 15) is 9.18 Å². The van der Waals surface area contributed by atoms with E-state index in [-0.39, 0.29) is 11.4 Å². The predicted octanol–water partition coefficient (Wildman–Crippen LogP) is 2.96. The number of hydrogen-bond donors (Lipinski definition) is 2. The fraction of sp³-hybridized carbons (Fsp3) is 0.444. The minimum absolute atomic E-state index is 0.0206. The first-order valence-electron chi connectivity index (χ1n) is 7.94. The molecule has 0 fully saturated rings. The molecule has 4 nitrogen and oxygen atoms in total. The van der Waals surface area contributed by atoms with Crippen LogP contribution in [0.5, 0.6) is 0 Å². The van der Waals surface area contributed by atoms with E-state index in [0.717, 1.165) is 0 Å². The Kier molecular flexibility index (Phi) is 7.03. The molecule has 0 aliphatic carbocycles. The number of thiol groups is 1. The first-order valence-corrected chi connectivity index (χ1v) is 8.38. The molecule has 0 saturated heterocycles. The monoisotopic (exact) mass is 363 g/mol. The fourth-order valence-corrected chi connectivity index (χ4v) is 1.77. The summed E-state index contributed by atoms with van der Waals surface area (Å²) in [6.45, 7) is 11.2. The van der Waals surface area contributed by atoms with Crippen molar-refractivity contribution in [2.24, 2.45) is 10.7 Å². The molecule has 7 heteroatoms. The topological polar surface area (TPSA) is 64.7 Å². The zero-order valence-electron chi connectivity index (χ0n) is 15.6. The van der Waals surface area contributed by atoms with Gasteiger partial charge in [0.05, 0.1) is 11.2 Å². The number of aryl methyl sites for hydroxylation is 1. The van der Waals surface area contributed by atoms with Crippen molar-refractivity contribution in [2.45, 2.75) is 51.9 Å². The van der Waals surface area contributed by atoms with Crippen molar-refractivity contribution in [3.05, 3.63) is 41.2 Å². The standard InChI is InChI=1S/C18H25BFN2O2S/c1-7-8-15(21)22-16(23)12-10-13(11(2)9-14(12)20)19-24-17(3,4)18(5,6)25/h7-10,25H,1-6H3,(H2,21,22,23)/b8-7-. The van der Waals surface area contributed by atoms with Crippen LogP contribution in [0.2, 0.25) is 0 Å². The van der Waals surface area contributed by atoms with Crippen LogP contribution in [-0.4, -0.2) is 29.6 Å². The van der Waals surface area contributed by atoms with E-state index in [1.54, 1.807) is 19.9 Å². The van der Waals surface area contributed by atoms with E-state index in [1.807, 2.05) is 27.7 Å². The second-order valence-corrected chi connectivity index (χ2v) is 7.95. The van der Waals surface area contributed by atoms with Crippen molar-refractivity contribution in [1.29, 1.82) is 0 Å². The summed E-state index contributed by atoms with van der Waals surface area (Å²) in [7, 11) is 1.52. The van der Waals surface area contributed by atoms with Crippen molar-refractivity contribution in [2.75, 3.05) is 0 Å². The van der Waals surface area contributed by atoms with E-state index in [1.165, 1.54) is 25.7 Å². The molecule has 2 N–H and O–H groups in total. The van der Waals surface area contributed by atoms with E-state index >= 15 is 0 Å². The number of amides is 1. The number of carbonyl (C=O) groups is 1.